The Morgan fingerprint density at radius 2 is 1.82 bits per heavy atom. The molecule has 204 valence electrons. The average molecular weight is 557 g/mol. The predicted molar refractivity (Wildman–Crippen MR) is 153 cm³/mol. The number of anilines is 1. The smallest absolute Gasteiger partial charge is 0.301 e. The molecule has 0 aliphatic carbocycles. The molecule has 0 bridgehead atoms. The Hall–Kier alpha value is -4.37. The van der Waals surface area contributed by atoms with Crippen molar-refractivity contribution in [2.45, 2.75) is 39.3 Å². The van der Waals surface area contributed by atoms with Crippen molar-refractivity contribution in [1.29, 1.82) is 0 Å². The second-order valence-corrected chi connectivity index (χ2v) is 10.7. The van der Waals surface area contributed by atoms with Gasteiger partial charge in [0.25, 0.3) is 5.78 Å². The molecule has 4 aromatic rings. The first-order valence-electron chi connectivity index (χ1n) is 13.2. The van der Waals surface area contributed by atoms with Gasteiger partial charge in [-0.2, -0.15) is 0 Å². The molecule has 9 heteroatoms. The molecule has 1 aromatic heterocycles. The zero-order valence-corrected chi connectivity index (χ0v) is 23.2. The molecule has 1 fully saturated rings. The highest BCUT2D eigenvalue weighted by molar-refractivity contribution is 7.22. The average Bonchev–Trinajstić information content (AvgIpc) is 3.61. The number of ether oxygens (including phenoxy) is 3. The second-order valence-electron chi connectivity index (χ2n) is 9.69. The van der Waals surface area contributed by atoms with Crippen molar-refractivity contribution in [3.8, 4) is 17.2 Å². The molecule has 40 heavy (non-hydrogen) atoms. The van der Waals surface area contributed by atoms with Gasteiger partial charge in [-0.3, -0.25) is 14.5 Å². The van der Waals surface area contributed by atoms with E-state index in [1.165, 1.54) is 16.2 Å². The van der Waals surface area contributed by atoms with Crippen LogP contribution in [0.2, 0.25) is 0 Å². The zero-order chi connectivity index (χ0) is 28.0. The summed E-state index contributed by atoms with van der Waals surface area (Å²) in [6.45, 7) is 6.75. The van der Waals surface area contributed by atoms with Crippen molar-refractivity contribution in [3.05, 3.63) is 82.9 Å². The van der Waals surface area contributed by atoms with Gasteiger partial charge in [0.2, 0.25) is 0 Å². The molecule has 2 atom stereocenters. The summed E-state index contributed by atoms with van der Waals surface area (Å²) >= 11 is 1.29. The summed E-state index contributed by atoms with van der Waals surface area (Å²) in [7, 11) is 0. The number of rotatable bonds is 7. The van der Waals surface area contributed by atoms with Crippen molar-refractivity contribution in [2.24, 2.45) is 0 Å². The van der Waals surface area contributed by atoms with E-state index in [4.69, 9.17) is 19.2 Å². The van der Waals surface area contributed by atoms with Crippen LogP contribution in [0.15, 0.2) is 66.2 Å². The number of thiazole rings is 1. The molecule has 1 N–H and O–H groups in total. The van der Waals surface area contributed by atoms with Gasteiger partial charge in [-0.1, -0.05) is 23.5 Å². The Morgan fingerprint density at radius 1 is 1.05 bits per heavy atom. The summed E-state index contributed by atoms with van der Waals surface area (Å²) in [6.07, 6.45) is 0.724. The number of aliphatic hydroxyl groups is 1. The minimum Gasteiger partial charge on any atom is -0.507 e. The van der Waals surface area contributed by atoms with Crippen molar-refractivity contribution in [3.63, 3.8) is 0 Å². The van der Waals surface area contributed by atoms with Crippen LogP contribution in [0.3, 0.4) is 0 Å². The van der Waals surface area contributed by atoms with E-state index in [1.807, 2.05) is 57.2 Å². The van der Waals surface area contributed by atoms with E-state index in [0.29, 0.717) is 52.9 Å². The first kappa shape index (κ1) is 25.9. The maximum Gasteiger partial charge on any atom is 0.301 e. The van der Waals surface area contributed by atoms with Gasteiger partial charge in [0.15, 0.2) is 5.13 Å². The van der Waals surface area contributed by atoms with Crippen LogP contribution in [0, 0.1) is 0 Å². The van der Waals surface area contributed by atoms with Gasteiger partial charge in [0, 0.05) is 12.0 Å². The van der Waals surface area contributed by atoms with Gasteiger partial charge >= 0.3 is 5.91 Å². The van der Waals surface area contributed by atoms with Gasteiger partial charge in [0.05, 0.1) is 35.0 Å². The lowest BCUT2D eigenvalue weighted by atomic mass is 9.94. The van der Waals surface area contributed by atoms with E-state index in [2.05, 4.69) is 0 Å². The molecule has 1 amide bonds. The fourth-order valence-electron chi connectivity index (χ4n) is 5.26. The highest BCUT2D eigenvalue weighted by Crippen LogP contribution is 2.45. The largest absolute Gasteiger partial charge is 0.507 e. The molecule has 0 radical (unpaired) electrons. The van der Waals surface area contributed by atoms with E-state index in [0.717, 1.165) is 16.0 Å². The summed E-state index contributed by atoms with van der Waals surface area (Å²) in [5, 5.41) is 11.9. The molecule has 1 saturated heterocycles. The Balaban J connectivity index is 1.51. The van der Waals surface area contributed by atoms with E-state index >= 15 is 0 Å². The van der Waals surface area contributed by atoms with Crippen molar-refractivity contribution in [2.75, 3.05) is 18.1 Å². The van der Waals surface area contributed by atoms with Gasteiger partial charge < -0.3 is 19.3 Å². The van der Waals surface area contributed by atoms with Gasteiger partial charge in [0.1, 0.15) is 29.1 Å². The summed E-state index contributed by atoms with van der Waals surface area (Å²) in [5.41, 5.74) is 2.70. The number of aromatic nitrogens is 1. The van der Waals surface area contributed by atoms with Crippen LogP contribution in [0.25, 0.3) is 16.0 Å². The van der Waals surface area contributed by atoms with Crippen LogP contribution in [0.5, 0.6) is 17.2 Å². The van der Waals surface area contributed by atoms with Crippen LogP contribution in [0.1, 0.15) is 43.5 Å². The monoisotopic (exact) mass is 556 g/mol. The van der Waals surface area contributed by atoms with Crippen LogP contribution < -0.4 is 19.1 Å². The minimum absolute atomic E-state index is 0.000163. The number of carbonyl (C=O) groups is 2. The number of hydrogen-bond acceptors (Lipinski definition) is 8. The molecule has 6 rings (SSSR count). The summed E-state index contributed by atoms with van der Waals surface area (Å²) < 4.78 is 18.0. The maximum atomic E-state index is 13.6. The lowest BCUT2D eigenvalue weighted by Gasteiger charge is -2.23. The molecule has 3 heterocycles. The lowest BCUT2D eigenvalue weighted by Crippen LogP contribution is -2.29. The van der Waals surface area contributed by atoms with Crippen molar-refractivity contribution in [1.82, 2.24) is 4.98 Å². The fraction of sp³-hybridized carbons (Fsp3) is 0.258. The number of hydrogen-bond donors (Lipinski definition) is 1. The maximum absolute atomic E-state index is 13.6. The minimum atomic E-state index is -0.907. The van der Waals surface area contributed by atoms with E-state index < -0.39 is 17.7 Å². The molecule has 0 spiro atoms. The molecule has 0 saturated carbocycles. The number of benzene rings is 3. The SMILES string of the molecule is CCOc1cccc([C@H]2/C(=C(\O)c3ccc4c(c3)C[C@@H](C)O4)C(=O)C(=O)N2c2nc3ccc(OCC)cc3s2)c1. The molecule has 3 aromatic carbocycles. The van der Waals surface area contributed by atoms with Crippen LogP contribution in [-0.2, 0) is 16.0 Å². The van der Waals surface area contributed by atoms with Gasteiger partial charge in [-0.05, 0) is 80.4 Å². The van der Waals surface area contributed by atoms with E-state index in [-0.39, 0.29) is 17.4 Å². The lowest BCUT2D eigenvalue weighted by molar-refractivity contribution is -0.132. The van der Waals surface area contributed by atoms with Crippen LogP contribution in [0.4, 0.5) is 5.13 Å². The molecule has 0 unspecified atom stereocenters. The Kier molecular flexibility index (Phi) is 6.67. The number of fused-ring (bicyclic) bond motifs is 2. The second kappa shape index (κ2) is 10.3. The van der Waals surface area contributed by atoms with E-state index in [1.54, 1.807) is 24.3 Å². The first-order valence-corrected chi connectivity index (χ1v) is 14.1. The number of amides is 1. The third kappa shape index (κ3) is 4.46. The highest BCUT2D eigenvalue weighted by Gasteiger charge is 2.48. The summed E-state index contributed by atoms with van der Waals surface area (Å²) in [4.78, 5) is 33.4. The molecule has 2 aliphatic heterocycles. The Bertz CT molecular complexity index is 1680. The number of Topliss-reactive ketones (excluding diaryl/α,β-unsaturated/α-hetero) is 1. The van der Waals surface area contributed by atoms with Gasteiger partial charge in [-0.15, -0.1) is 0 Å². The Morgan fingerprint density at radius 3 is 2.60 bits per heavy atom. The van der Waals surface area contributed by atoms with E-state index in [9.17, 15) is 14.7 Å². The number of ketones is 1. The predicted octanol–water partition coefficient (Wildman–Crippen LogP) is 6.04. The molecule has 8 nitrogen and oxygen atoms in total. The van der Waals surface area contributed by atoms with Gasteiger partial charge in [-0.25, -0.2) is 4.98 Å². The van der Waals surface area contributed by atoms with Crippen molar-refractivity contribution >= 4 is 44.1 Å². The quantitative estimate of drug-likeness (QED) is 0.168. The van der Waals surface area contributed by atoms with Crippen molar-refractivity contribution < 1.29 is 28.9 Å². The summed E-state index contributed by atoms with van der Waals surface area (Å²) in [5.74, 6) is 0.281. The number of carbonyl (C=O) groups excluding carboxylic acids is 2. The van der Waals surface area contributed by atoms with Crippen LogP contribution >= 0.6 is 11.3 Å². The topological polar surface area (TPSA) is 98.2 Å². The normalized spacial score (nSPS) is 19.6. The molecular weight excluding hydrogens is 528 g/mol. The standard InChI is InChI=1S/C31H28N2O6S/c1-4-37-21-8-6-7-18(15-21)27-26(28(34)19-9-12-24-20(14-19)13-17(3)39-24)29(35)30(36)33(27)31-32-23-11-10-22(38-5-2)16-25(23)40-31/h6-12,14-17,27,34H,4-5,13H2,1-3H3/b28-26+/t17-,27+/m1/s1. The number of aliphatic hydroxyl groups excluding tert-OH is 1. The molecule has 2 aliphatic rings. The third-order valence-electron chi connectivity index (χ3n) is 6.96. The zero-order valence-electron chi connectivity index (χ0n) is 22.3. The molecular formula is C31H28N2O6S. The Labute approximate surface area is 235 Å². The third-order valence-corrected chi connectivity index (χ3v) is 7.98. The first-order chi connectivity index (χ1) is 19.4. The highest BCUT2D eigenvalue weighted by atomic mass is 32.1. The number of nitrogens with zero attached hydrogens (tertiary/aromatic N) is 2. The van der Waals surface area contributed by atoms with Crippen LogP contribution in [-0.4, -0.2) is 41.1 Å². The summed E-state index contributed by atoms with van der Waals surface area (Å²) in [6, 6.07) is 17.2. The fourth-order valence-corrected chi connectivity index (χ4v) is 6.28.